The van der Waals surface area contributed by atoms with Crippen LogP contribution in [0.3, 0.4) is 0 Å². The summed E-state index contributed by atoms with van der Waals surface area (Å²) in [4.78, 5) is 25.3. The molecule has 4 aromatic heterocycles. The molecule has 4 heterocycles. The third-order valence-corrected chi connectivity index (χ3v) is 7.83. The molecule has 0 fully saturated rings. The molecule has 0 amide bonds. The molecule has 0 saturated heterocycles. The molecule has 4 rings (SSSR count). The quantitative estimate of drug-likeness (QED) is 0.213. The molecule has 0 bridgehead atoms. The highest BCUT2D eigenvalue weighted by Crippen LogP contribution is 2.40. The number of pyridine rings is 3. The maximum atomic E-state index is 6.37. The summed E-state index contributed by atoms with van der Waals surface area (Å²) >= 11 is 55.4. The maximum Gasteiger partial charge on any atom is 0.167 e. The van der Waals surface area contributed by atoms with Crippen LogP contribution in [0.15, 0.2) is 18.6 Å². The highest BCUT2D eigenvalue weighted by molar-refractivity contribution is 6.50. The minimum atomic E-state index is 0.00775. The maximum absolute atomic E-state index is 6.37. The number of hydrogen-bond acceptors (Lipinski definition) is 6. The Morgan fingerprint density at radius 3 is 0.848 bits per heavy atom. The normalized spacial score (nSPS) is 11.2. The summed E-state index contributed by atoms with van der Waals surface area (Å²) in [6.45, 7) is 0. The molecule has 168 valence electrons. The zero-order valence-electron chi connectivity index (χ0n) is 15.3. The van der Waals surface area contributed by atoms with Crippen LogP contribution in [0.5, 0.6) is 0 Å². The summed E-state index contributed by atoms with van der Waals surface area (Å²) in [5.74, 6) is 0.195. The molecule has 0 aliphatic rings. The molecule has 4 aromatic rings. The van der Waals surface area contributed by atoms with Crippen molar-refractivity contribution in [1.82, 2.24) is 29.9 Å². The molecule has 0 N–H and O–H groups in total. The van der Waals surface area contributed by atoms with E-state index in [4.69, 9.17) is 104 Å². The van der Waals surface area contributed by atoms with Gasteiger partial charge in [0.2, 0.25) is 0 Å². The van der Waals surface area contributed by atoms with Crippen molar-refractivity contribution >= 4 is 104 Å². The summed E-state index contributed by atoms with van der Waals surface area (Å²) in [5.41, 5.74) is 0.762. The lowest BCUT2D eigenvalue weighted by Crippen LogP contribution is -2.03. The Bertz CT molecular complexity index is 1250. The van der Waals surface area contributed by atoms with Crippen molar-refractivity contribution in [3.63, 3.8) is 0 Å². The minimum absolute atomic E-state index is 0.00775. The summed E-state index contributed by atoms with van der Waals surface area (Å²) in [7, 11) is 0. The minimum Gasteiger partial charge on any atom is -0.242 e. The molecule has 6 nitrogen and oxygen atoms in total. The first-order valence-corrected chi connectivity index (χ1v) is 11.8. The first kappa shape index (κ1) is 25.2. The number of halogens is 9. The van der Waals surface area contributed by atoms with Crippen LogP contribution in [0.1, 0.15) is 0 Å². The van der Waals surface area contributed by atoms with E-state index in [9.17, 15) is 0 Å². The van der Waals surface area contributed by atoms with Crippen molar-refractivity contribution in [1.29, 1.82) is 0 Å². The van der Waals surface area contributed by atoms with Gasteiger partial charge in [0.15, 0.2) is 17.5 Å². The first-order valence-electron chi connectivity index (χ1n) is 8.35. The fourth-order valence-electron chi connectivity index (χ4n) is 2.54. The Balaban J connectivity index is 2.04. The highest BCUT2D eigenvalue weighted by atomic mass is 35.5. The van der Waals surface area contributed by atoms with Crippen LogP contribution in [0.2, 0.25) is 45.6 Å². The standard InChI is InChI=1S/C18H3Cl9N6/c19-7-4(1-28-13(25)10(7)22)16-31-17(5-2-29-14(26)11(23)8(5)20)33-18(32-16)6-3-30-15(27)12(24)9(6)21/h1-3H. The molecular weight excluding hydrogens is 619 g/mol. The zero-order valence-corrected chi connectivity index (χ0v) is 22.1. The predicted octanol–water partition coefficient (Wildman–Crippen LogP) is 8.94. The Kier molecular flexibility index (Phi) is 7.61. The average molecular weight is 622 g/mol. The summed E-state index contributed by atoms with van der Waals surface area (Å²) in [6.07, 6.45) is 4.05. The van der Waals surface area contributed by atoms with Crippen LogP contribution in [0.4, 0.5) is 0 Å². The van der Waals surface area contributed by atoms with E-state index in [1.165, 1.54) is 18.6 Å². The number of aromatic nitrogens is 6. The monoisotopic (exact) mass is 618 g/mol. The van der Waals surface area contributed by atoms with Gasteiger partial charge in [-0.15, -0.1) is 0 Å². The van der Waals surface area contributed by atoms with Gasteiger partial charge in [-0.1, -0.05) is 104 Å². The van der Waals surface area contributed by atoms with E-state index in [0.29, 0.717) is 0 Å². The van der Waals surface area contributed by atoms with Crippen LogP contribution in [0, 0.1) is 0 Å². The van der Waals surface area contributed by atoms with E-state index < -0.39 is 0 Å². The van der Waals surface area contributed by atoms with E-state index in [0.717, 1.165) is 0 Å². The van der Waals surface area contributed by atoms with Gasteiger partial charge in [0.05, 0.1) is 46.8 Å². The van der Waals surface area contributed by atoms with E-state index >= 15 is 0 Å². The number of rotatable bonds is 3. The van der Waals surface area contributed by atoms with Gasteiger partial charge in [0.25, 0.3) is 0 Å². The van der Waals surface area contributed by atoms with Gasteiger partial charge in [-0.05, 0) is 0 Å². The summed E-state index contributed by atoms with van der Waals surface area (Å²) < 4.78 is 0. The molecule has 0 aromatic carbocycles. The lowest BCUT2D eigenvalue weighted by molar-refractivity contribution is 1.06. The second-order valence-electron chi connectivity index (χ2n) is 6.08. The van der Waals surface area contributed by atoms with E-state index in [-0.39, 0.29) is 79.8 Å². The summed E-state index contributed by atoms with van der Waals surface area (Å²) in [5, 5.41) is 0.271. The number of hydrogen-bond donors (Lipinski definition) is 0. The third-order valence-electron chi connectivity index (χ3n) is 4.11. The van der Waals surface area contributed by atoms with Crippen LogP contribution >= 0.6 is 104 Å². The Morgan fingerprint density at radius 2 is 0.606 bits per heavy atom. The molecule has 15 heteroatoms. The highest BCUT2D eigenvalue weighted by Gasteiger charge is 2.22. The lowest BCUT2D eigenvalue weighted by atomic mass is 10.2. The van der Waals surface area contributed by atoms with Gasteiger partial charge >= 0.3 is 0 Å². The molecule has 33 heavy (non-hydrogen) atoms. The smallest absolute Gasteiger partial charge is 0.167 e. The van der Waals surface area contributed by atoms with Gasteiger partial charge in [-0.3, -0.25) is 0 Å². The number of nitrogens with zero attached hydrogens (tertiary/aromatic N) is 6. The van der Waals surface area contributed by atoms with Gasteiger partial charge < -0.3 is 0 Å². The Hall–Kier alpha value is -0.930. The van der Waals surface area contributed by atoms with Crippen LogP contribution in [-0.4, -0.2) is 29.9 Å². The lowest BCUT2D eigenvalue weighted by Gasteiger charge is -2.12. The van der Waals surface area contributed by atoms with Crippen LogP contribution in [0.25, 0.3) is 34.2 Å². The van der Waals surface area contributed by atoms with E-state index in [1.54, 1.807) is 0 Å². The van der Waals surface area contributed by atoms with Gasteiger partial charge in [0, 0.05) is 18.6 Å². The molecule has 0 unspecified atom stereocenters. The zero-order chi connectivity index (χ0) is 24.0. The van der Waals surface area contributed by atoms with Crippen molar-refractivity contribution in [3.05, 3.63) is 64.2 Å². The molecule has 0 atom stereocenters. The molecule has 0 saturated carbocycles. The SMILES string of the molecule is Clc1ncc(-c2nc(-c3cnc(Cl)c(Cl)c3Cl)nc(-c3cnc(Cl)c(Cl)c3Cl)n2)c(Cl)c1Cl. The molecular formula is C18H3Cl9N6. The molecule has 0 spiro atoms. The largest absolute Gasteiger partial charge is 0.242 e. The van der Waals surface area contributed by atoms with Gasteiger partial charge in [-0.2, -0.15) is 0 Å². The predicted molar refractivity (Wildman–Crippen MR) is 135 cm³/mol. The molecule has 0 aliphatic heterocycles. The Morgan fingerprint density at radius 1 is 0.364 bits per heavy atom. The topological polar surface area (TPSA) is 77.3 Å². The molecule has 0 aliphatic carbocycles. The van der Waals surface area contributed by atoms with Crippen molar-refractivity contribution in [3.8, 4) is 34.2 Å². The van der Waals surface area contributed by atoms with E-state index in [1.807, 2.05) is 0 Å². The fourth-order valence-corrected chi connectivity index (χ4v) is 4.23. The first-order chi connectivity index (χ1) is 15.6. The second kappa shape index (κ2) is 9.97. The fraction of sp³-hybridized carbons (Fsp3) is 0. The van der Waals surface area contributed by atoms with Gasteiger partial charge in [-0.25, -0.2) is 29.9 Å². The Labute approximate surface area is 231 Å². The van der Waals surface area contributed by atoms with Crippen molar-refractivity contribution in [2.75, 3.05) is 0 Å². The average Bonchev–Trinajstić information content (AvgIpc) is 2.79. The van der Waals surface area contributed by atoms with Crippen molar-refractivity contribution < 1.29 is 0 Å². The van der Waals surface area contributed by atoms with Crippen LogP contribution < -0.4 is 0 Å². The molecule has 0 radical (unpaired) electrons. The van der Waals surface area contributed by atoms with Crippen LogP contribution in [-0.2, 0) is 0 Å². The second-order valence-corrected chi connectivity index (χ2v) is 9.42. The summed E-state index contributed by atoms with van der Waals surface area (Å²) in [6, 6.07) is 0. The van der Waals surface area contributed by atoms with E-state index in [2.05, 4.69) is 29.9 Å². The van der Waals surface area contributed by atoms with Gasteiger partial charge in [0.1, 0.15) is 15.5 Å². The third kappa shape index (κ3) is 4.79. The van der Waals surface area contributed by atoms with Crippen molar-refractivity contribution in [2.24, 2.45) is 0 Å². The van der Waals surface area contributed by atoms with Crippen molar-refractivity contribution in [2.45, 2.75) is 0 Å².